The summed E-state index contributed by atoms with van der Waals surface area (Å²) in [6.45, 7) is 7.21. The number of halogens is 1. The van der Waals surface area contributed by atoms with Gasteiger partial charge in [0.15, 0.2) is 0 Å². The lowest BCUT2D eigenvalue weighted by Gasteiger charge is -2.33. The van der Waals surface area contributed by atoms with Crippen LogP contribution in [0.15, 0.2) is 21.5 Å². The van der Waals surface area contributed by atoms with E-state index in [1.807, 2.05) is 6.92 Å². The van der Waals surface area contributed by atoms with Gasteiger partial charge < -0.3 is 10.0 Å². The number of sulfonamides is 1. The van der Waals surface area contributed by atoms with Gasteiger partial charge in [-0.15, -0.1) is 0 Å². The Labute approximate surface area is 134 Å². The normalized spacial score (nSPS) is 18.1. The van der Waals surface area contributed by atoms with E-state index in [2.05, 4.69) is 27.8 Å². The number of aliphatic hydroxyl groups excluding tert-OH is 1. The Bertz CT molecular complexity index is 611. The van der Waals surface area contributed by atoms with Gasteiger partial charge in [0, 0.05) is 30.7 Å². The van der Waals surface area contributed by atoms with E-state index in [0.717, 1.165) is 25.2 Å². The zero-order valence-electron chi connectivity index (χ0n) is 12.3. The zero-order valence-corrected chi connectivity index (χ0v) is 14.7. The van der Waals surface area contributed by atoms with Crippen LogP contribution >= 0.6 is 15.9 Å². The first-order valence-electron chi connectivity index (χ1n) is 7.02. The lowest BCUT2D eigenvalue weighted by molar-refractivity contribution is 0.196. The Morgan fingerprint density at radius 3 is 2.38 bits per heavy atom. The molecule has 7 heteroatoms. The molecule has 21 heavy (non-hydrogen) atoms. The molecule has 1 saturated heterocycles. The van der Waals surface area contributed by atoms with Crippen molar-refractivity contribution < 1.29 is 13.5 Å². The molecule has 1 aromatic rings. The summed E-state index contributed by atoms with van der Waals surface area (Å²) < 4.78 is 27.7. The number of piperazine rings is 1. The highest BCUT2D eigenvalue weighted by molar-refractivity contribution is 9.10. The lowest BCUT2D eigenvalue weighted by Crippen LogP contribution is -2.48. The number of hydrogen-bond donors (Lipinski definition) is 1. The van der Waals surface area contributed by atoms with Crippen LogP contribution in [0, 0.1) is 6.92 Å². The average molecular weight is 377 g/mol. The second kappa shape index (κ2) is 6.75. The van der Waals surface area contributed by atoms with E-state index in [4.69, 9.17) is 0 Å². The number of aliphatic hydroxyl groups is 1. The van der Waals surface area contributed by atoms with Crippen molar-refractivity contribution in [1.82, 2.24) is 9.21 Å². The van der Waals surface area contributed by atoms with Crippen molar-refractivity contribution in [1.29, 1.82) is 0 Å². The summed E-state index contributed by atoms with van der Waals surface area (Å²) >= 11 is 3.37. The van der Waals surface area contributed by atoms with Crippen LogP contribution in [0.4, 0.5) is 0 Å². The second-order valence-corrected chi connectivity index (χ2v) is 7.92. The van der Waals surface area contributed by atoms with Crippen molar-refractivity contribution in [3.05, 3.63) is 27.7 Å². The molecule has 0 unspecified atom stereocenters. The predicted octanol–water partition coefficient (Wildman–Crippen LogP) is 1.58. The Hall–Kier alpha value is -0.470. The molecule has 0 amide bonds. The minimum Gasteiger partial charge on any atom is -0.392 e. The summed E-state index contributed by atoms with van der Waals surface area (Å²) in [4.78, 5) is 2.48. The highest BCUT2D eigenvalue weighted by Crippen LogP contribution is 2.30. The SMILES string of the molecule is CCN1CCN(S(=O)(=O)c2cc(CO)cc(C)c2Br)CC1. The average Bonchev–Trinajstić information content (AvgIpc) is 2.49. The summed E-state index contributed by atoms with van der Waals surface area (Å²) in [6, 6.07) is 3.34. The quantitative estimate of drug-likeness (QED) is 0.866. The molecule has 0 radical (unpaired) electrons. The molecule has 0 spiro atoms. The molecule has 1 aromatic carbocycles. The van der Waals surface area contributed by atoms with Gasteiger partial charge in [0.1, 0.15) is 0 Å². The molecule has 0 atom stereocenters. The number of benzene rings is 1. The van der Waals surface area contributed by atoms with E-state index >= 15 is 0 Å². The van der Waals surface area contributed by atoms with Crippen LogP contribution in [-0.4, -0.2) is 55.5 Å². The van der Waals surface area contributed by atoms with Crippen LogP contribution in [0.3, 0.4) is 0 Å². The van der Waals surface area contributed by atoms with E-state index in [1.165, 1.54) is 4.31 Å². The van der Waals surface area contributed by atoms with Crippen molar-refractivity contribution in [2.45, 2.75) is 25.3 Å². The van der Waals surface area contributed by atoms with Gasteiger partial charge in [0.2, 0.25) is 10.0 Å². The van der Waals surface area contributed by atoms with E-state index in [-0.39, 0.29) is 11.5 Å². The maximum absolute atomic E-state index is 12.8. The molecule has 1 heterocycles. The van der Waals surface area contributed by atoms with Crippen LogP contribution in [0.25, 0.3) is 0 Å². The molecule has 1 aliphatic heterocycles. The zero-order chi connectivity index (χ0) is 15.6. The molecular weight excluding hydrogens is 356 g/mol. The van der Waals surface area contributed by atoms with Gasteiger partial charge in [0.25, 0.3) is 0 Å². The molecule has 118 valence electrons. The number of aryl methyl sites for hydroxylation is 1. The maximum atomic E-state index is 12.8. The van der Waals surface area contributed by atoms with E-state index in [1.54, 1.807) is 12.1 Å². The van der Waals surface area contributed by atoms with Gasteiger partial charge in [-0.2, -0.15) is 4.31 Å². The number of rotatable bonds is 4. The van der Waals surface area contributed by atoms with Crippen molar-refractivity contribution in [3.63, 3.8) is 0 Å². The standard InChI is InChI=1S/C14H21BrN2O3S/c1-3-16-4-6-17(7-5-16)21(19,20)13-9-12(10-18)8-11(2)14(13)15/h8-9,18H,3-7,10H2,1-2H3. The molecular formula is C14H21BrN2O3S. The Balaban J connectivity index is 2.34. The van der Waals surface area contributed by atoms with Crippen LogP contribution < -0.4 is 0 Å². The van der Waals surface area contributed by atoms with Crippen molar-refractivity contribution in [3.8, 4) is 0 Å². The number of hydrogen-bond acceptors (Lipinski definition) is 4. The Morgan fingerprint density at radius 2 is 1.86 bits per heavy atom. The van der Waals surface area contributed by atoms with Crippen LogP contribution in [0.5, 0.6) is 0 Å². The molecule has 0 aliphatic carbocycles. The fourth-order valence-electron chi connectivity index (χ4n) is 2.51. The van der Waals surface area contributed by atoms with Gasteiger partial charge in [0.05, 0.1) is 11.5 Å². The molecule has 5 nitrogen and oxygen atoms in total. The highest BCUT2D eigenvalue weighted by atomic mass is 79.9. The summed E-state index contributed by atoms with van der Waals surface area (Å²) in [6.07, 6.45) is 0. The second-order valence-electron chi connectivity index (χ2n) is 5.22. The van der Waals surface area contributed by atoms with E-state index in [0.29, 0.717) is 23.1 Å². The predicted molar refractivity (Wildman–Crippen MR) is 85.7 cm³/mol. The van der Waals surface area contributed by atoms with Gasteiger partial charge in [-0.1, -0.05) is 13.0 Å². The minimum absolute atomic E-state index is 0.166. The highest BCUT2D eigenvalue weighted by Gasteiger charge is 2.30. The molecule has 0 aromatic heterocycles. The molecule has 0 bridgehead atoms. The van der Waals surface area contributed by atoms with Crippen LogP contribution in [-0.2, 0) is 16.6 Å². The van der Waals surface area contributed by atoms with Crippen LogP contribution in [0.2, 0.25) is 0 Å². The third-order valence-corrected chi connectivity index (χ3v) is 7.10. The van der Waals surface area contributed by atoms with Crippen molar-refractivity contribution >= 4 is 26.0 Å². The first-order valence-corrected chi connectivity index (χ1v) is 9.25. The summed E-state index contributed by atoms with van der Waals surface area (Å²) in [5.41, 5.74) is 1.42. The molecule has 1 N–H and O–H groups in total. The van der Waals surface area contributed by atoms with Gasteiger partial charge in [-0.25, -0.2) is 8.42 Å². The maximum Gasteiger partial charge on any atom is 0.244 e. The monoisotopic (exact) mass is 376 g/mol. The van der Waals surface area contributed by atoms with Gasteiger partial charge in [-0.3, -0.25) is 0 Å². The first-order chi connectivity index (χ1) is 9.90. The number of likely N-dealkylation sites (N-methyl/N-ethyl adjacent to an activating group) is 1. The summed E-state index contributed by atoms with van der Waals surface area (Å²) in [5.74, 6) is 0. The largest absolute Gasteiger partial charge is 0.392 e. The molecule has 2 rings (SSSR count). The lowest BCUT2D eigenvalue weighted by atomic mass is 10.1. The molecule has 1 aliphatic rings. The fraction of sp³-hybridized carbons (Fsp3) is 0.571. The number of nitrogens with zero attached hydrogens (tertiary/aromatic N) is 2. The third-order valence-electron chi connectivity index (χ3n) is 3.86. The van der Waals surface area contributed by atoms with Crippen molar-refractivity contribution in [2.75, 3.05) is 32.7 Å². The Morgan fingerprint density at radius 1 is 1.24 bits per heavy atom. The van der Waals surface area contributed by atoms with Gasteiger partial charge >= 0.3 is 0 Å². The third kappa shape index (κ3) is 3.48. The van der Waals surface area contributed by atoms with E-state index in [9.17, 15) is 13.5 Å². The molecule has 0 saturated carbocycles. The van der Waals surface area contributed by atoms with Gasteiger partial charge in [-0.05, 0) is 46.6 Å². The van der Waals surface area contributed by atoms with Crippen LogP contribution in [0.1, 0.15) is 18.1 Å². The Kier molecular flexibility index (Phi) is 5.43. The van der Waals surface area contributed by atoms with E-state index < -0.39 is 10.0 Å². The topological polar surface area (TPSA) is 60.9 Å². The summed E-state index contributed by atoms with van der Waals surface area (Å²) in [7, 11) is -3.53. The fourth-order valence-corrected chi connectivity index (χ4v) is 4.97. The molecule has 1 fully saturated rings. The minimum atomic E-state index is -3.53. The van der Waals surface area contributed by atoms with Crippen molar-refractivity contribution in [2.24, 2.45) is 0 Å². The first kappa shape index (κ1) is 16.9. The summed E-state index contributed by atoms with van der Waals surface area (Å²) in [5, 5.41) is 9.29. The smallest absolute Gasteiger partial charge is 0.244 e.